The Hall–Kier alpha value is -2.94. The van der Waals surface area contributed by atoms with E-state index in [-0.39, 0.29) is 32.0 Å². The van der Waals surface area contributed by atoms with Gasteiger partial charge in [-0.05, 0) is 38.7 Å². The van der Waals surface area contributed by atoms with Crippen LogP contribution >= 0.6 is 0 Å². The van der Waals surface area contributed by atoms with E-state index in [9.17, 15) is 24.3 Å². The van der Waals surface area contributed by atoms with Gasteiger partial charge in [-0.3, -0.25) is 9.59 Å². The van der Waals surface area contributed by atoms with Crippen molar-refractivity contribution in [2.75, 3.05) is 19.7 Å². The van der Waals surface area contributed by atoms with Crippen LogP contribution in [-0.4, -0.2) is 65.5 Å². The molecule has 34 heavy (non-hydrogen) atoms. The van der Waals surface area contributed by atoms with Crippen molar-refractivity contribution in [1.82, 2.24) is 15.5 Å². The van der Waals surface area contributed by atoms with Crippen LogP contribution in [0.3, 0.4) is 0 Å². The number of hydrogen-bond donors (Lipinski definition) is 3. The maximum absolute atomic E-state index is 13.6. The first-order valence-electron chi connectivity index (χ1n) is 11.7. The number of nitrogens with one attached hydrogen (secondary N) is 2. The molecule has 3 N–H and O–H groups in total. The van der Waals surface area contributed by atoms with Crippen molar-refractivity contribution < 1.29 is 29.0 Å². The molecule has 9 nitrogen and oxygen atoms in total. The summed E-state index contributed by atoms with van der Waals surface area (Å²) in [7, 11) is 0. The molecule has 0 fully saturated rings. The van der Waals surface area contributed by atoms with Gasteiger partial charge in [-0.15, -0.1) is 0 Å². The molecule has 0 aliphatic rings. The standard InChI is InChI=1S/C25H39N3O6/c1-6-18(2)22(27-21(31)13-14-26-24(33)34-25(3,4)5)23(32)28(15-10-16-29)20(17-30)19-11-8-7-9-12-19/h7-9,11-12,17-18,20,22,29H,6,10,13-16H2,1-5H3,(H,26,33)(H,27,31). The van der Waals surface area contributed by atoms with Gasteiger partial charge in [0.25, 0.3) is 0 Å². The third kappa shape index (κ3) is 9.91. The molecule has 0 aliphatic carbocycles. The van der Waals surface area contributed by atoms with Gasteiger partial charge in [0.05, 0.1) is 0 Å². The number of rotatable bonds is 13. The number of aliphatic hydroxyl groups is 1. The third-order valence-corrected chi connectivity index (χ3v) is 5.26. The van der Waals surface area contributed by atoms with Crippen LogP contribution in [0.4, 0.5) is 4.79 Å². The Bertz CT molecular complexity index is 794. The first-order chi connectivity index (χ1) is 16.0. The lowest BCUT2D eigenvalue weighted by atomic mass is 9.96. The van der Waals surface area contributed by atoms with Crippen molar-refractivity contribution in [3.05, 3.63) is 35.9 Å². The van der Waals surface area contributed by atoms with E-state index in [1.54, 1.807) is 45.0 Å². The summed E-state index contributed by atoms with van der Waals surface area (Å²) >= 11 is 0. The molecule has 3 amide bonds. The van der Waals surface area contributed by atoms with E-state index in [1.165, 1.54) is 4.90 Å². The van der Waals surface area contributed by atoms with Crippen LogP contribution in [0.25, 0.3) is 0 Å². The number of aliphatic hydroxyl groups excluding tert-OH is 1. The number of carbonyl (C=O) groups excluding carboxylic acids is 4. The van der Waals surface area contributed by atoms with Crippen molar-refractivity contribution in [2.24, 2.45) is 5.92 Å². The van der Waals surface area contributed by atoms with Gasteiger partial charge in [-0.2, -0.15) is 0 Å². The molecule has 0 aliphatic heterocycles. The summed E-state index contributed by atoms with van der Waals surface area (Å²) in [6.45, 7) is 9.07. The summed E-state index contributed by atoms with van der Waals surface area (Å²) in [6, 6.07) is 7.22. The number of alkyl carbamates (subject to hydrolysis) is 1. The number of benzene rings is 1. The van der Waals surface area contributed by atoms with Gasteiger partial charge in [0.2, 0.25) is 11.8 Å². The van der Waals surface area contributed by atoms with E-state index >= 15 is 0 Å². The Morgan fingerprint density at radius 2 is 1.82 bits per heavy atom. The largest absolute Gasteiger partial charge is 0.444 e. The predicted molar refractivity (Wildman–Crippen MR) is 129 cm³/mol. The summed E-state index contributed by atoms with van der Waals surface area (Å²) in [5.74, 6) is -0.994. The van der Waals surface area contributed by atoms with Gasteiger partial charge in [0.15, 0.2) is 0 Å². The maximum atomic E-state index is 13.6. The van der Waals surface area contributed by atoms with Gasteiger partial charge in [0.1, 0.15) is 24.0 Å². The molecule has 1 aromatic carbocycles. The zero-order valence-electron chi connectivity index (χ0n) is 20.9. The summed E-state index contributed by atoms with van der Waals surface area (Å²) in [4.78, 5) is 51.4. The fourth-order valence-corrected chi connectivity index (χ4v) is 3.31. The minimum Gasteiger partial charge on any atom is -0.444 e. The molecule has 0 saturated carbocycles. The molecule has 0 saturated heterocycles. The molecule has 1 aromatic rings. The molecule has 3 unspecified atom stereocenters. The normalized spacial score (nSPS) is 13.8. The van der Waals surface area contributed by atoms with E-state index in [1.807, 2.05) is 19.9 Å². The smallest absolute Gasteiger partial charge is 0.407 e. The van der Waals surface area contributed by atoms with E-state index in [0.29, 0.717) is 24.7 Å². The summed E-state index contributed by atoms with van der Waals surface area (Å²) in [6.07, 6.45) is 0.958. The van der Waals surface area contributed by atoms with Crippen LogP contribution in [0.1, 0.15) is 65.5 Å². The van der Waals surface area contributed by atoms with Gasteiger partial charge >= 0.3 is 6.09 Å². The Kier molecular flexibility index (Phi) is 12.3. The van der Waals surface area contributed by atoms with Crippen LogP contribution in [-0.2, 0) is 19.1 Å². The summed E-state index contributed by atoms with van der Waals surface area (Å²) < 4.78 is 5.15. The molecular weight excluding hydrogens is 438 g/mol. The molecule has 9 heteroatoms. The highest BCUT2D eigenvalue weighted by Crippen LogP contribution is 2.22. The fourth-order valence-electron chi connectivity index (χ4n) is 3.31. The average molecular weight is 478 g/mol. The van der Waals surface area contributed by atoms with Gasteiger partial charge in [0, 0.05) is 26.1 Å². The number of ether oxygens (including phenoxy) is 1. The Labute approximate surface area is 202 Å². The Balaban J connectivity index is 2.95. The van der Waals surface area contributed by atoms with Crippen LogP contribution in [0.2, 0.25) is 0 Å². The topological polar surface area (TPSA) is 125 Å². The minimum absolute atomic E-state index is 0.0358. The number of hydrogen-bond acceptors (Lipinski definition) is 6. The molecule has 1 rings (SSSR count). The quantitative estimate of drug-likeness (QED) is 0.375. The van der Waals surface area contributed by atoms with E-state index in [2.05, 4.69) is 10.6 Å². The van der Waals surface area contributed by atoms with E-state index < -0.39 is 35.6 Å². The van der Waals surface area contributed by atoms with Crippen molar-refractivity contribution in [1.29, 1.82) is 0 Å². The first kappa shape index (κ1) is 29.1. The molecular formula is C25H39N3O6. The molecule has 0 heterocycles. The molecule has 0 aromatic heterocycles. The molecule has 0 bridgehead atoms. The van der Waals surface area contributed by atoms with Crippen LogP contribution in [0.5, 0.6) is 0 Å². The second kappa shape index (κ2) is 14.3. The highest BCUT2D eigenvalue weighted by atomic mass is 16.6. The predicted octanol–water partition coefficient (Wildman–Crippen LogP) is 2.58. The molecule has 0 radical (unpaired) electrons. The maximum Gasteiger partial charge on any atom is 0.407 e. The second-order valence-electron chi connectivity index (χ2n) is 9.21. The van der Waals surface area contributed by atoms with E-state index in [0.717, 1.165) is 0 Å². The monoisotopic (exact) mass is 477 g/mol. The molecule has 0 spiro atoms. The van der Waals surface area contributed by atoms with Gasteiger partial charge < -0.3 is 30.2 Å². The van der Waals surface area contributed by atoms with Crippen LogP contribution in [0.15, 0.2) is 30.3 Å². The Morgan fingerprint density at radius 1 is 1.18 bits per heavy atom. The number of amides is 3. The van der Waals surface area contributed by atoms with E-state index in [4.69, 9.17) is 4.74 Å². The number of carbonyl (C=O) groups is 4. The Morgan fingerprint density at radius 3 is 2.35 bits per heavy atom. The zero-order chi connectivity index (χ0) is 25.7. The lowest BCUT2D eigenvalue weighted by Gasteiger charge is -2.34. The average Bonchev–Trinajstić information content (AvgIpc) is 2.78. The van der Waals surface area contributed by atoms with Gasteiger partial charge in [-0.25, -0.2) is 4.79 Å². The summed E-state index contributed by atoms with van der Waals surface area (Å²) in [5.41, 5.74) is 0.00588. The minimum atomic E-state index is -0.858. The number of aldehydes is 1. The van der Waals surface area contributed by atoms with Crippen molar-refractivity contribution >= 4 is 24.2 Å². The van der Waals surface area contributed by atoms with Crippen LogP contribution < -0.4 is 10.6 Å². The first-order valence-corrected chi connectivity index (χ1v) is 11.7. The van der Waals surface area contributed by atoms with Gasteiger partial charge in [-0.1, -0.05) is 50.6 Å². The molecule has 190 valence electrons. The third-order valence-electron chi connectivity index (χ3n) is 5.26. The molecule has 3 atom stereocenters. The number of nitrogens with zero attached hydrogens (tertiary/aromatic N) is 1. The van der Waals surface area contributed by atoms with Crippen molar-refractivity contribution in [3.8, 4) is 0 Å². The van der Waals surface area contributed by atoms with Crippen LogP contribution in [0, 0.1) is 5.92 Å². The lowest BCUT2D eigenvalue weighted by Crippen LogP contribution is -2.53. The highest BCUT2D eigenvalue weighted by molar-refractivity contribution is 5.89. The summed E-state index contributed by atoms with van der Waals surface area (Å²) in [5, 5.41) is 14.6. The van der Waals surface area contributed by atoms with Crippen molar-refractivity contribution in [2.45, 2.75) is 71.6 Å². The highest BCUT2D eigenvalue weighted by Gasteiger charge is 2.34. The SMILES string of the molecule is CCC(C)C(NC(=O)CCNC(=O)OC(C)(C)C)C(=O)N(CCCO)C(C=O)c1ccccc1. The fraction of sp³-hybridized carbons (Fsp3) is 0.600. The second-order valence-corrected chi connectivity index (χ2v) is 9.21. The van der Waals surface area contributed by atoms with Crippen molar-refractivity contribution in [3.63, 3.8) is 0 Å². The lowest BCUT2D eigenvalue weighted by molar-refractivity contribution is -0.142. The zero-order valence-corrected chi connectivity index (χ0v) is 20.9.